The van der Waals surface area contributed by atoms with Gasteiger partial charge >= 0.3 is 0 Å². The number of anilines is 1. The van der Waals surface area contributed by atoms with Crippen molar-refractivity contribution in [3.63, 3.8) is 0 Å². The van der Waals surface area contributed by atoms with Gasteiger partial charge in [0.25, 0.3) is 5.91 Å². The van der Waals surface area contributed by atoms with Gasteiger partial charge in [-0.15, -0.1) is 0 Å². The van der Waals surface area contributed by atoms with Gasteiger partial charge in [-0.05, 0) is 30.3 Å². The Morgan fingerprint density at radius 3 is 2.91 bits per heavy atom. The molecule has 4 N–H and O–H groups in total. The molecule has 2 aromatic heterocycles. The number of hydrogen-bond donors (Lipinski definition) is 3. The predicted molar refractivity (Wildman–Crippen MR) is 85.6 cm³/mol. The lowest BCUT2D eigenvalue weighted by atomic mass is 10.2. The number of fused-ring (bicyclic) bond motifs is 1. The van der Waals surface area contributed by atoms with Crippen molar-refractivity contribution < 1.29 is 13.9 Å². The molecule has 0 atom stereocenters. The Morgan fingerprint density at radius 2 is 2.13 bits per heavy atom. The first kappa shape index (κ1) is 14.9. The highest BCUT2D eigenvalue weighted by molar-refractivity contribution is 5.86. The molecule has 7 nitrogen and oxygen atoms in total. The number of amides is 1. The van der Waals surface area contributed by atoms with Crippen LogP contribution in [-0.2, 0) is 11.3 Å². The number of furan rings is 1. The highest BCUT2D eigenvalue weighted by Gasteiger charge is 2.08. The summed E-state index contributed by atoms with van der Waals surface area (Å²) in [5, 5.41) is 3.62. The first-order valence-electron chi connectivity index (χ1n) is 7.04. The third kappa shape index (κ3) is 3.58. The van der Waals surface area contributed by atoms with E-state index in [9.17, 15) is 4.79 Å². The van der Waals surface area contributed by atoms with Gasteiger partial charge in [0.05, 0.1) is 12.8 Å². The number of carbonyl (C=O) groups is 1. The molecule has 1 aromatic carbocycles. The molecular weight excluding hydrogens is 296 g/mol. The number of nitrogens with zero attached hydrogens (tertiary/aromatic N) is 1. The molecule has 2 heterocycles. The molecule has 0 saturated heterocycles. The molecule has 118 valence electrons. The Labute approximate surface area is 132 Å². The van der Waals surface area contributed by atoms with Crippen molar-refractivity contribution in [2.24, 2.45) is 5.84 Å². The van der Waals surface area contributed by atoms with Crippen molar-refractivity contribution >= 4 is 22.6 Å². The smallest absolute Gasteiger partial charge is 0.258 e. The summed E-state index contributed by atoms with van der Waals surface area (Å²) in [6.45, 7) is 0.214. The molecule has 0 saturated carbocycles. The number of carbonyl (C=O) groups excluding carboxylic acids is 1. The summed E-state index contributed by atoms with van der Waals surface area (Å²) >= 11 is 0. The minimum atomic E-state index is -0.244. The third-order valence-corrected chi connectivity index (χ3v) is 3.23. The summed E-state index contributed by atoms with van der Waals surface area (Å²) in [7, 11) is 0. The largest absolute Gasteiger partial charge is 0.481 e. The van der Waals surface area contributed by atoms with E-state index in [1.54, 1.807) is 30.5 Å². The summed E-state index contributed by atoms with van der Waals surface area (Å²) < 4.78 is 10.7. The number of aromatic nitrogens is 1. The third-order valence-electron chi connectivity index (χ3n) is 3.23. The molecule has 0 aliphatic heterocycles. The number of nitrogens with one attached hydrogen (secondary N) is 2. The van der Waals surface area contributed by atoms with E-state index in [1.165, 1.54) is 0 Å². The summed E-state index contributed by atoms with van der Waals surface area (Å²) in [6, 6.07) is 12.7. The monoisotopic (exact) mass is 312 g/mol. The van der Waals surface area contributed by atoms with Gasteiger partial charge in [-0.1, -0.05) is 12.1 Å². The number of rotatable bonds is 6. The molecule has 0 fully saturated rings. The predicted octanol–water partition coefficient (Wildman–Crippen LogP) is 1.81. The van der Waals surface area contributed by atoms with E-state index in [-0.39, 0.29) is 12.5 Å². The number of nitrogen functional groups attached to an aromatic ring is 1. The standard InChI is InChI=1S/C16H16N4O3/c17-20-14-7-6-11-3-1-5-13(16(11)19-14)23-10-15(21)18-9-12-4-2-8-22-12/h1-8H,9-10,17H2,(H,18,21)(H,19,20). The van der Waals surface area contributed by atoms with E-state index < -0.39 is 0 Å². The maximum absolute atomic E-state index is 11.8. The van der Waals surface area contributed by atoms with Crippen LogP contribution in [0.1, 0.15) is 5.76 Å². The zero-order valence-electron chi connectivity index (χ0n) is 12.3. The number of ether oxygens (including phenoxy) is 1. The van der Waals surface area contributed by atoms with Crippen LogP contribution >= 0.6 is 0 Å². The quantitative estimate of drug-likeness (QED) is 0.474. The second-order valence-electron chi connectivity index (χ2n) is 4.81. The molecule has 0 aliphatic carbocycles. The Bertz CT molecular complexity index is 802. The van der Waals surface area contributed by atoms with Gasteiger partial charge in [-0.25, -0.2) is 10.8 Å². The van der Waals surface area contributed by atoms with Crippen LogP contribution in [0.3, 0.4) is 0 Å². The van der Waals surface area contributed by atoms with Gasteiger partial charge in [0.15, 0.2) is 6.61 Å². The van der Waals surface area contributed by atoms with Gasteiger partial charge in [0.1, 0.15) is 22.8 Å². The van der Waals surface area contributed by atoms with Gasteiger partial charge in [0, 0.05) is 5.39 Å². The Balaban J connectivity index is 1.65. The zero-order chi connectivity index (χ0) is 16.1. The fraction of sp³-hybridized carbons (Fsp3) is 0.125. The fourth-order valence-corrected chi connectivity index (χ4v) is 2.11. The van der Waals surface area contributed by atoms with Crippen LogP contribution in [0.5, 0.6) is 5.75 Å². The minimum absolute atomic E-state index is 0.109. The normalized spacial score (nSPS) is 10.5. The summed E-state index contributed by atoms with van der Waals surface area (Å²) in [5.41, 5.74) is 3.13. The van der Waals surface area contributed by atoms with Crippen LogP contribution in [0, 0.1) is 0 Å². The first-order valence-corrected chi connectivity index (χ1v) is 7.04. The second kappa shape index (κ2) is 6.80. The highest BCUT2D eigenvalue weighted by atomic mass is 16.5. The molecule has 3 aromatic rings. The van der Waals surface area contributed by atoms with Crippen LogP contribution < -0.4 is 21.3 Å². The zero-order valence-corrected chi connectivity index (χ0v) is 12.3. The molecule has 0 radical (unpaired) electrons. The van der Waals surface area contributed by atoms with Gasteiger partial charge < -0.3 is 19.9 Å². The van der Waals surface area contributed by atoms with Crippen molar-refractivity contribution in [2.75, 3.05) is 12.0 Å². The lowest BCUT2D eigenvalue weighted by Gasteiger charge is -2.09. The summed E-state index contributed by atoms with van der Waals surface area (Å²) in [5.74, 6) is 6.86. The maximum Gasteiger partial charge on any atom is 0.258 e. The number of benzene rings is 1. The molecular formula is C16H16N4O3. The maximum atomic E-state index is 11.8. The minimum Gasteiger partial charge on any atom is -0.481 e. The number of pyridine rings is 1. The van der Waals surface area contributed by atoms with Crippen molar-refractivity contribution in [3.8, 4) is 5.75 Å². The van der Waals surface area contributed by atoms with Crippen LogP contribution in [-0.4, -0.2) is 17.5 Å². The van der Waals surface area contributed by atoms with E-state index in [1.807, 2.05) is 18.2 Å². The second-order valence-corrected chi connectivity index (χ2v) is 4.81. The van der Waals surface area contributed by atoms with Crippen LogP contribution in [0.2, 0.25) is 0 Å². The van der Waals surface area contributed by atoms with Crippen molar-refractivity contribution in [1.29, 1.82) is 0 Å². The van der Waals surface area contributed by atoms with Crippen molar-refractivity contribution in [2.45, 2.75) is 6.54 Å². The lowest BCUT2D eigenvalue weighted by Crippen LogP contribution is -2.28. The number of hydrazine groups is 1. The average molecular weight is 312 g/mol. The molecule has 23 heavy (non-hydrogen) atoms. The molecule has 3 rings (SSSR count). The topological polar surface area (TPSA) is 102 Å². The highest BCUT2D eigenvalue weighted by Crippen LogP contribution is 2.24. The van der Waals surface area contributed by atoms with Crippen LogP contribution in [0.25, 0.3) is 10.9 Å². The van der Waals surface area contributed by atoms with E-state index >= 15 is 0 Å². The molecule has 0 bridgehead atoms. The number of para-hydroxylation sites is 1. The first-order chi connectivity index (χ1) is 11.3. The molecule has 1 amide bonds. The molecule has 0 aliphatic rings. The van der Waals surface area contributed by atoms with Crippen molar-refractivity contribution in [3.05, 3.63) is 54.5 Å². The van der Waals surface area contributed by atoms with E-state index in [0.717, 1.165) is 5.39 Å². The van der Waals surface area contributed by atoms with E-state index in [0.29, 0.717) is 29.4 Å². The lowest BCUT2D eigenvalue weighted by molar-refractivity contribution is -0.123. The summed E-state index contributed by atoms with van der Waals surface area (Å²) in [6.07, 6.45) is 1.56. The Morgan fingerprint density at radius 1 is 1.22 bits per heavy atom. The van der Waals surface area contributed by atoms with Crippen LogP contribution in [0.15, 0.2) is 53.1 Å². The average Bonchev–Trinajstić information content (AvgIpc) is 3.11. The van der Waals surface area contributed by atoms with Gasteiger partial charge in [-0.3, -0.25) is 4.79 Å². The van der Waals surface area contributed by atoms with Crippen molar-refractivity contribution in [1.82, 2.24) is 10.3 Å². The number of nitrogens with two attached hydrogens (primary N) is 1. The molecule has 0 spiro atoms. The number of hydrogen-bond acceptors (Lipinski definition) is 6. The van der Waals surface area contributed by atoms with Gasteiger partial charge in [0.2, 0.25) is 0 Å². The SMILES string of the molecule is NNc1ccc2cccc(OCC(=O)NCc3ccco3)c2n1. The summed E-state index contributed by atoms with van der Waals surface area (Å²) in [4.78, 5) is 16.2. The van der Waals surface area contributed by atoms with Gasteiger partial charge in [-0.2, -0.15) is 0 Å². The molecule has 0 unspecified atom stereocenters. The van der Waals surface area contributed by atoms with Crippen LogP contribution in [0.4, 0.5) is 5.82 Å². The Hall–Kier alpha value is -3.06. The Kier molecular flexibility index (Phi) is 4.39. The van der Waals surface area contributed by atoms with E-state index in [2.05, 4.69) is 15.7 Å². The van der Waals surface area contributed by atoms with E-state index in [4.69, 9.17) is 15.0 Å². The molecule has 7 heteroatoms. The fourth-order valence-electron chi connectivity index (χ4n) is 2.11.